The van der Waals surface area contributed by atoms with Crippen molar-refractivity contribution in [2.75, 3.05) is 5.32 Å². The molecular formula is C22H17N3O. The van der Waals surface area contributed by atoms with Gasteiger partial charge in [0.05, 0.1) is 11.1 Å². The van der Waals surface area contributed by atoms with Crippen LogP contribution in [-0.4, -0.2) is 15.9 Å². The van der Waals surface area contributed by atoms with Gasteiger partial charge in [-0.1, -0.05) is 36.4 Å². The fourth-order valence-corrected chi connectivity index (χ4v) is 2.97. The number of nitrogens with one attached hydrogen (secondary N) is 1. The van der Waals surface area contributed by atoms with E-state index in [1.54, 1.807) is 6.20 Å². The molecule has 126 valence electrons. The highest BCUT2D eigenvalue weighted by Crippen LogP contribution is 2.22. The number of fused-ring (bicyclic) bond motifs is 1. The van der Waals surface area contributed by atoms with Gasteiger partial charge in [0.25, 0.3) is 5.91 Å². The van der Waals surface area contributed by atoms with Gasteiger partial charge in [-0.2, -0.15) is 0 Å². The number of hydrogen-bond acceptors (Lipinski definition) is 3. The minimum atomic E-state index is -0.138. The van der Waals surface area contributed by atoms with Gasteiger partial charge >= 0.3 is 0 Å². The fourth-order valence-electron chi connectivity index (χ4n) is 2.97. The number of anilines is 1. The Bertz CT molecular complexity index is 1070. The van der Waals surface area contributed by atoms with Gasteiger partial charge in [0, 0.05) is 29.2 Å². The molecule has 0 atom stereocenters. The van der Waals surface area contributed by atoms with Gasteiger partial charge in [-0.25, -0.2) is 0 Å². The zero-order chi connectivity index (χ0) is 17.9. The maximum absolute atomic E-state index is 12.8. The quantitative estimate of drug-likeness (QED) is 0.580. The minimum absolute atomic E-state index is 0.138. The van der Waals surface area contributed by atoms with Crippen molar-refractivity contribution in [3.8, 4) is 11.1 Å². The predicted octanol–water partition coefficient (Wildman–Crippen LogP) is 4.86. The van der Waals surface area contributed by atoms with Crippen LogP contribution in [0.3, 0.4) is 0 Å². The van der Waals surface area contributed by atoms with Gasteiger partial charge in [0.2, 0.25) is 0 Å². The highest BCUT2D eigenvalue weighted by atomic mass is 16.1. The summed E-state index contributed by atoms with van der Waals surface area (Å²) in [4.78, 5) is 21.4. The van der Waals surface area contributed by atoms with Crippen LogP contribution in [0, 0.1) is 6.92 Å². The molecule has 2 aromatic carbocycles. The molecule has 2 aromatic heterocycles. The monoisotopic (exact) mass is 339 g/mol. The number of rotatable bonds is 3. The molecule has 0 bridgehead atoms. The Morgan fingerprint density at radius 3 is 2.50 bits per heavy atom. The number of carbonyl (C=O) groups is 1. The molecule has 4 aromatic rings. The van der Waals surface area contributed by atoms with E-state index in [2.05, 4.69) is 15.3 Å². The first-order valence-corrected chi connectivity index (χ1v) is 8.39. The van der Waals surface area contributed by atoms with E-state index in [4.69, 9.17) is 0 Å². The number of aryl methyl sites for hydroxylation is 1. The maximum atomic E-state index is 12.8. The van der Waals surface area contributed by atoms with Crippen LogP contribution in [-0.2, 0) is 0 Å². The molecule has 0 saturated carbocycles. The summed E-state index contributed by atoms with van der Waals surface area (Å²) in [6.45, 7) is 1.89. The molecule has 0 aliphatic heterocycles. The van der Waals surface area contributed by atoms with Crippen LogP contribution in [0.2, 0.25) is 0 Å². The second-order valence-corrected chi connectivity index (χ2v) is 6.10. The summed E-state index contributed by atoms with van der Waals surface area (Å²) in [6.07, 6.45) is 3.57. The Kier molecular flexibility index (Phi) is 4.15. The Morgan fingerprint density at radius 1 is 0.923 bits per heavy atom. The molecule has 26 heavy (non-hydrogen) atoms. The van der Waals surface area contributed by atoms with Crippen LogP contribution < -0.4 is 5.32 Å². The van der Waals surface area contributed by atoms with Crippen molar-refractivity contribution in [2.24, 2.45) is 0 Å². The number of benzene rings is 2. The van der Waals surface area contributed by atoms with Gasteiger partial charge < -0.3 is 5.32 Å². The first-order valence-electron chi connectivity index (χ1n) is 8.39. The standard InChI is InChI=1S/C22H17N3O/c1-15-13-20(19-6-2-3-7-21(19)24-15)22(26)25-18-10-8-16(9-11-18)17-5-4-12-23-14-17/h2-14H,1H3,(H,25,26). The predicted molar refractivity (Wildman–Crippen MR) is 104 cm³/mol. The van der Waals surface area contributed by atoms with E-state index in [1.807, 2.05) is 79.9 Å². The summed E-state index contributed by atoms with van der Waals surface area (Å²) in [5.41, 5.74) is 5.12. The number of pyridine rings is 2. The number of hydrogen-bond donors (Lipinski definition) is 1. The molecule has 0 aliphatic rings. The van der Waals surface area contributed by atoms with Crippen LogP contribution in [0.25, 0.3) is 22.0 Å². The zero-order valence-electron chi connectivity index (χ0n) is 14.3. The van der Waals surface area contributed by atoms with Gasteiger partial charge in [-0.15, -0.1) is 0 Å². The van der Waals surface area contributed by atoms with E-state index in [9.17, 15) is 4.79 Å². The molecule has 0 aliphatic carbocycles. The molecule has 2 heterocycles. The van der Waals surface area contributed by atoms with Crippen molar-refractivity contribution in [1.29, 1.82) is 0 Å². The molecule has 0 unspecified atom stereocenters. The average molecular weight is 339 g/mol. The molecule has 0 saturated heterocycles. The van der Waals surface area contributed by atoms with Crippen molar-refractivity contribution in [3.05, 3.63) is 90.4 Å². The lowest BCUT2D eigenvalue weighted by Crippen LogP contribution is -2.13. The van der Waals surface area contributed by atoms with E-state index < -0.39 is 0 Å². The van der Waals surface area contributed by atoms with Crippen molar-refractivity contribution in [1.82, 2.24) is 9.97 Å². The summed E-state index contributed by atoms with van der Waals surface area (Å²) in [5, 5.41) is 3.82. The van der Waals surface area contributed by atoms with Crippen LogP contribution in [0.1, 0.15) is 16.1 Å². The summed E-state index contributed by atoms with van der Waals surface area (Å²) >= 11 is 0. The van der Waals surface area contributed by atoms with Crippen LogP contribution in [0.15, 0.2) is 79.1 Å². The normalized spacial score (nSPS) is 10.7. The molecule has 0 spiro atoms. The lowest BCUT2D eigenvalue weighted by Gasteiger charge is -2.10. The second-order valence-electron chi connectivity index (χ2n) is 6.10. The molecule has 0 radical (unpaired) electrons. The molecule has 0 fully saturated rings. The molecule has 4 heteroatoms. The highest BCUT2D eigenvalue weighted by Gasteiger charge is 2.12. The smallest absolute Gasteiger partial charge is 0.256 e. The van der Waals surface area contributed by atoms with E-state index in [-0.39, 0.29) is 5.91 Å². The van der Waals surface area contributed by atoms with Gasteiger partial charge in [-0.3, -0.25) is 14.8 Å². The average Bonchev–Trinajstić information content (AvgIpc) is 2.68. The first-order chi connectivity index (χ1) is 12.7. The van der Waals surface area contributed by atoms with Gasteiger partial charge in [-0.05, 0) is 48.4 Å². The molecule has 4 rings (SSSR count). The van der Waals surface area contributed by atoms with Crippen LogP contribution >= 0.6 is 0 Å². The number of para-hydroxylation sites is 1. The van der Waals surface area contributed by atoms with Crippen molar-refractivity contribution < 1.29 is 4.79 Å². The highest BCUT2D eigenvalue weighted by molar-refractivity contribution is 6.12. The summed E-state index contributed by atoms with van der Waals surface area (Å²) in [7, 11) is 0. The summed E-state index contributed by atoms with van der Waals surface area (Å²) in [5.74, 6) is -0.138. The van der Waals surface area contributed by atoms with E-state index >= 15 is 0 Å². The molecule has 4 nitrogen and oxygen atoms in total. The van der Waals surface area contributed by atoms with Crippen LogP contribution in [0.5, 0.6) is 0 Å². The van der Waals surface area contributed by atoms with Crippen molar-refractivity contribution in [2.45, 2.75) is 6.92 Å². The largest absolute Gasteiger partial charge is 0.322 e. The number of aromatic nitrogens is 2. The maximum Gasteiger partial charge on any atom is 0.256 e. The Morgan fingerprint density at radius 2 is 1.73 bits per heavy atom. The zero-order valence-corrected chi connectivity index (χ0v) is 14.3. The van der Waals surface area contributed by atoms with E-state index in [0.717, 1.165) is 33.4 Å². The number of amides is 1. The third-order valence-corrected chi connectivity index (χ3v) is 4.23. The minimum Gasteiger partial charge on any atom is -0.322 e. The SMILES string of the molecule is Cc1cc(C(=O)Nc2ccc(-c3cccnc3)cc2)c2ccccc2n1. The number of carbonyl (C=O) groups excluding carboxylic acids is 1. The van der Waals surface area contributed by atoms with Gasteiger partial charge in [0.15, 0.2) is 0 Å². The number of nitrogens with zero attached hydrogens (tertiary/aromatic N) is 2. The summed E-state index contributed by atoms with van der Waals surface area (Å²) < 4.78 is 0. The lowest BCUT2D eigenvalue weighted by atomic mass is 10.1. The molecule has 1 N–H and O–H groups in total. The van der Waals surface area contributed by atoms with Crippen molar-refractivity contribution in [3.63, 3.8) is 0 Å². The fraction of sp³-hybridized carbons (Fsp3) is 0.0455. The lowest BCUT2D eigenvalue weighted by molar-refractivity contribution is 0.102. The van der Waals surface area contributed by atoms with Crippen molar-refractivity contribution >= 4 is 22.5 Å². The Balaban J connectivity index is 1.61. The summed E-state index contributed by atoms with van der Waals surface area (Å²) in [6, 6.07) is 21.2. The van der Waals surface area contributed by atoms with Gasteiger partial charge in [0.1, 0.15) is 0 Å². The van der Waals surface area contributed by atoms with E-state index in [0.29, 0.717) is 5.56 Å². The molecule has 1 amide bonds. The Hall–Kier alpha value is -3.53. The van der Waals surface area contributed by atoms with E-state index in [1.165, 1.54) is 0 Å². The third kappa shape index (κ3) is 3.17. The Labute approximate surface area is 151 Å². The molecular weight excluding hydrogens is 322 g/mol. The van der Waals surface area contributed by atoms with Crippen LogP contribution in [0.4, 0.5) is 5.69 Å². The third-order valence-electron chi connectivity index (χ3n) is 4.23. The topological polar surface area (TPSA) is 54.9 Å². The first kappa shape index (κ1) is 16.0. The second kappa shape index (κ2) is 6.76.